The number of anilines is 1. The first kappa shape index (κ1) is 17.7. The van der Waals surface area contributed by atoms with E-state index in [1.807, 2.05) is 26.0 Å². The molecule has 126 valence electrons. The molecule has 3 N–H and O–H groups in total. The van der Waals surface area contributed by atoms with Crippen molar-refractivity contribution >= 4 is 29.2 Å². The van der Waals surface area contributed by atoms with Crippen molar-refractivity contribution in [2.45, 2.75) is 20.8 Å². The molecule has 0 aliphatic heterocycles. The number of phenolic OH excluding ortho intramolecular Hbond substituents is 1. The van der Waals surface area contributed by atoms with Gasteiger partial charge in [0.25, 0.3) is 0 Å². The number of benzene rings is 2. The zero-order valence-electron chi connectivity index (χ0n) is 14.0. The van der Waals surface area contributed by atoms with Crippen LogP contribution in [0, 0.1) is 13.8 Å². The smallest absolute Gasteiger partial charge is 0.191 e. The fraction of sp³-hybridized carbons (Fsp3) is 0.222. The van der Waals surface area contributed by atoms with Gasteiger partial charge in [0, 0.05) is 5.69 Å². The third-order valence-electron chi connectivity index (χ3n) is 3.52. The van der Waals surface area contributed by atoms with E-state index in [0.717, 1.165) is 16.8 Å². The lowest BCUT2D eigenvalue weighted by atomic mass is 10.1. The van der Waals surface area contributed by atoms with Crippen LogP contribution in [0.3, 0.4) is 0 Å². The number of hydrogen-bond acceptors (Lipinski definition) is 4. The summed E-state index contributed by atoms with van der Waals surface area (Å²) in [6.07, 6.45) is 1.61. The monoisotopic (exact) mass is 343 g/mol. The number of aromatic hydroxyl groups is 1. The number of ether oxygens (including phenoxy) is 1. The number of rotatable bonds is 5. The first-order valence-corrected chi connectivity index (χ1v) is 8.04. The Labute approximate surface area is 147 Å². The first-order chi connectivity index (χ1) is 11.5. The van der Waals surface area contributed by atoms with Gasteiger partial charge in [0.1, 0.15) is 0 Å². The molecular weight excluding hydrogens is 322 g/mol. The van der Waals surface area contributed by atoms with Gasteiger partial charge in [-0.3, -0.25) is 5.43 Å². The van der Waals surface area contributed by atoms with Crippen LogP contribution in [0.1, 0.15) is 23.6 Å². The van der Waals surface area contributed by atoms with E-state index in [0.29, 0.717) is 17.5 Å². The van der Waals surface area contributed by atoms with Crippen LogP contribution in [0.4, 0.5) is 5.69 Å². The molecule has 6 heteroatoms. The van der Waals surface area contributed by atoms with E-state index in [2.05, 4.69) is 28.8 Å². The van der Waals surface area contributed by atoms with Gasteiger partial charge >= 0.3 is 0 Å². The number of nitrogens with one attached hydrogen (secondary N) is 2. The predicted molar refractivity (Wildman–Crippen MR) is 102 cm³/mol. The lowest BCUT2D eigenvalue weighted by Gasteiger charge is -2.11. The van der Waals surface area contributed by atoms with Crippen LogP contribution < -0.4 is 15.5 Å². The van der Waals surface area contributed by atoms with Crippen molar-refractivity contribution in [3.05, 3.63) is 53.1 Å². The molecule has 0 atom stereocenters. The number of hydrogen-bond donors (Lipinski definition) is 3. The highest BCUT2D eigenvalue weighted by atomic mass is 32.1. The molecule has 0 amide bonds. The summed E-state index contributed by atoms with van der Waals surface area (Å²) in [5.41, 5.74) is 6.86. The highest BCUT2D eigenvalue weighted by molar-refractivity contribution is 7.80. The number of thiocarbonyl (C=S) groups is 1. The second kappa shape index (κ2) is 8.31. The van der Waals surface area contributed by atoms with Gasteiger partial charge in [0.05, 0.1) is 12.8 Å². The molecule has 0 radical (unpaired) electrons. The van der Waals surface area contributed by atoms with Gasteiger partial charge in [-0.25, -0.2) is 0 Å². The first-order valence-electron chi connectivity index (χ1n) is 7.63. The van der Waals surface area contributed by atoms with Crippen molar-refractivity contribution in [1.82, 2.24) is 5.43 Å². The van der Waals surface area contributed by atoms with Gasteiger partial charge in [-0.05, 0) is 73.9 Å². The molecule has 2 rings (SSSR count). The van der Waals surface area contributed by atoms with E-state index in [1.54, 1.807) is 24.4 Å². The molecule has 2 aromatic carbocycles. The van der Waals surface area contributed by atoms with Gasteiger partial charge < -0.3 is 15.2 Å². The van der Waals surface area contributed by atoms with Crippen molar-refractivity contribution in [3.8, 4) is 11.5 Å². The Kier molecular flexibility index (Phi) is 6.14. The largest absolute Gasteiger partial charge is 0.504 e. The maximum Gasteiger partial charge on any atom is 0.191 e. The van der Waals surface area contributed by atoms with Gasteiger partial charge in [0.15, 0.2) is 16.6 Å². The van der Waals surface area contributed by atoms with Crippen molar-refractivity contribution in [3.63, 3.8) is 0 Å². The molecule has 0 bridgehead atoms. The minimum atomic E-state index is 0.106. The van der Waals surface area contributed by atoms with Crippen LogP contribution in [0.5, 0.6) is 11.5 Å². The zero-order valence-corrected chi connectivity index (χ0v) is 14.8. The minimum absolute atomic E-state index is 0.106. The Balaban J connectivity index is 1.97. The second-order valence-electron chi connectivity index (χ2n) is 5.23. The lowest BCUT2D eigenvalue weighted by Crippen LogP contribution is -2.24. The Morgan fingerprint density at radius 3 is 2.83 bits per heavy atom. The number of phenols is 1. The molecule has 0 fully saturated rings. The third kappa shape index (κ3) is 4.70. The Morgan fingerprint density at radius 2 is 2.08 bits per heavy atom. The standard InChI is InChI=1S/C18H21N3O2S/c1-4-23-17-10-14(8-9-16(17)22)11-19-21-18(24)20-15-7-5-6-12(2)13(15)3/h5-11,22H,4H2,1-3H3,(H2,20,21,24)/b19-11+. The molecule has 2 aromatic rings. The molecule has 24 heavy (non-hydrogen) atoms. The summed E-state index contributed by atoms with van der Waals surface area (Å²) < 4.78 is 5.34. The average molecular weight is 343 g/mol. The van der Waals surface area contributed by atoms with Gasteiger partial charge in [-0.15, -0.1) is 0 Å². The van der Waals surface area contributed by atoms with Crippen LogP contribution in [-0.4, -0.2) is 23.0 Å². The van der Waals surface area contributed by atoms with Gasteiger partial charge in [0.2, 0.25) is 0 Å². The fourth-order valence-corrected chi connectivity index (χ4v) is 2.25. The van der Waals surface area contributed by atoms with Crippen LogP contribution in [0.2, 0.25) is 0 Å². The van der Waals surface area contributed by atoms with Crippen molar-refractivity contribution in [1.29, 1.82) is 0 Å². The number of nitrogens with zero attached hydrogens (tertiary/aromatic N) is 1. The van der Waals surface area contributed by atoms with Crippen LogP contribution in [0.25, 0.3) is 0 Å². The molecule has 0 aliphatic rings. The number of aryl methyl sites for hydroxylation is 1. The van der Waals surface area contributed by atoms with E-state index in [-0.39, 0.29) is 5.75 Å². The zero-order chi connectivity index (χ0) is 17.5. The van der Waals surface area contributed by atoms with Crippen LogP contribution >= 0.6 is 12.2 Å². The normalized spacial score (nSPS) is 10.6. The summed E-state index contributed by atoms with van der Waals surface area (Å²) in [4.78, 5) is 0. The Hall–Kier alpha value is -2.60. The SMILES string of the molecule is CCOc1cc(/C=N/NC(=S)Nc2cccc(C)c2C)ccc1O. The van der Waals surface area contributed by atoms with Crippen molar-refractivity contribution in [2.24, 2.45) is 5.10 Å². The highest BCUT2D eigenvalue weighted by Crippen LogP contribution is 2.26. The summed E-state index contributed by atoms with van der Waals surface area (Å²) in [6.45, 7) is 6.43. The molecule has 0 spiro atoms. The summed E-state index contributed by atoms with van der Waals surface area (Å²) in [5, 5.41) is 17.3. The average Bonchev–Trinajstić information content (AvgIpc) is 2.55. The molecule has 0 saturated carbocycles. The lowest BCUT2D eigenvalue weighted by molar-refractivity contribution is 0.318. The van der Waals surface area contributed by atoms with E-state index < -0.39 is 0 Å². The fourth-order valence-electron chi connectivity index (χ4n) is 2.08. The molecule has 5 nitrogen and oxygen atoms in total. The molecule has 0 saturated heterocycles. The summed E-state index contributed by atoms with van der Waals surface area (Å²) in [7, 11) is 0. The molecular formula is C18H21N3O2S. The summed E-state index contributed by atoms with van der Waals surface area (Å²) >= 11 is 5.24. The third-order valence-corrected chi connectivity index (χ3v) is 3.71. The minimum Gasteiger partial charge on any atom is -0.504 e. The summed E-state index contributed by atoms with van der Waals surface area (Å²) in [5.74, 6) is 0.534. The number of hydrazone groups is 1. The maximum absolute atomic E-state index is 9.68. The molecule has 0 aliphatic carbocycles. The van der Waals surface area contributed by atoms with Crippen molar-refractivity contribution < 1.29 is 9.84 Å². The predicted octanol–water partition coefficient (Wildman–Crippen LogP) is 3.73. The molecule has 0 heterocycles. The Morgan fingerprint density at radius 1 is 1.29 bits per heavy atom. The van der Waals surface area contributed by atoms with E-state index in [1.165, 1.54) is 5.56 Å². The van der Waals surface area contributed by atoms with E-state index in [4.69, 9.17) is 17.0 Å². The summed E-state index contributed by atoms with van der Waals surface area (Å²) in [6, 6.07) is 11.0. The topological polar surface area (TPSA) is 65.9 Å². The Bertz CT molecular complexity index is 760. The van der Waals surface area contributed by atoms with Crippen LogP contribution in [0.15, 0.2) is 41.5 Å². The highest BCUT2D eigenvalue weighted by Gasteiger charge is 2.03. The maximum atomic E-state index is 9.68. The quantitative estimate of drug-likeness (QED) is 0.439. The van der Waals surface area contributed by atoms with Gasteiger partial charge in [-0.1, -0.05) is 12.1 Å². The van der Waals surface area contributed by atoms with Crippen molar-refractivity contribution in [2.75, 3.05) is 11.9 Å². The van der Waals surface area contributed by atoms with E-state index >= 15 is 0 Å². The van der Waals surface area contributed by atoms with Crippen LogP contribution in [-0.2, 0) is 0 Å². The second-order valence-corrected chi connectivity index (χ2v) is 5.64. The molecule has 0 aromatic heterocycles. The molecule has 0 unspecified atom stereocenters. The van der Waals surface area contributed by atoms with Gasteiger partial charge in [-0.2, -0.15) is 5.10 Å². The van der Waals surface area contributed by atoms with E-state index in [9.17, 15) is 5.11 Å².